The van der Waals surface area contributed by atoms with Crippen LogP contribution in [0.25, 0.3) is 0 Å². The largest absolute Gasteiger partial charge is 0.444 e. The third-order valence-electron chi connectivity index (χ3n) is 2.96. The first-order valence-electron chi connectivity index (χ1n) is 7.87. The second-order valence-corrected chi connectivity index (χ2v) is 6.88. The fourth-order valence-corrected chi connectivity index (χ4v) is 2.07. The Bertz CT molecular complexity index is 439. The molecule has 0 aliphatic carbocycles. The molecule has 4 nitrogen and oxygen atoms in total. The van der Waals surface area contributed by atoms with Gasteiger partial charge in [0.05, 0.1) is 12.6 Å². The molecular weight excluding hydrogens is 278 g/mol. The molecule has 0 fully saturated rings. The first-order valence-corrected chi connectivity index (χ1v) is 7.87. The van der Waals surface area contributed by atoms with E-state index in [1.165, 1.54) is 5.56 Å². The summed E-state index contributed by atoms with van der Waals surface area (Å²) >= 11 is 0. The molecule has 0 bridgehead atoms. The second kappa shape index (κ2) is 8.79. The summed E-state index contributed by atoms with van der Waals surface area (Å²) in [7, 11) is 0. The maximum absolute atomic E-state index is 11.6. The Morgan fingerprint density at radius 2 is 1.77 bits per heavy atom. The van der Waals surface area contributed by atoms with E-state index in [-0.39, 0.29) is 6.04 Å². The van der Waals surface area contributed by atoms with Crippen LogP contribution in [0.4, 0.5) is 4.79 Å². The molecule has 4 heteroatoms. The number of amides is 1. The molecule has 0 saturated carbocycles. The molecule has 22 heavy (non-hydrogen) atoms. The van der Waals surface area contributed by atoms with Crippen LogP contribution in [0.2, 0.25) is 0 Å². The van der Waals surface area contributed by atoms with Crippen LogP contribution in [-0.2, 0) is 15.9 Å². The van der Waals surface area contributed by atoms with Gasteiger partial charge in [-0.05, 0) is 45.6 Å². The SMILES string of the molecule is C[C@H](COC[C@@H](C)NC(=O)OC(C)(C)C)Cc1ccccc1. The number of carbonyl (C=O) groups is 1. The topological polar surface area (TPSA) is 47.6 Å². The zero-order valence-electron chi connectivity index (χ0n) is 14.4. The lowest BCUT2D eigenvalue weighted by atomic mass is 10.0. The zero-order chi connectivity index (χ0) is 16.6. The maximum atomic E-state index is 11.6. The van der Waals surface area contributed by atoms with Crippen LogP contribution in [0, 0.1) is 5.92 Å². The van der Waals surface area contributed by atoms with E-state index in [0.29, 0.717) is 19.1 Å². The summed E-state index contributed by atoms with van der Waals surface area (Å²) in [4.78, 5) is 11.6. The van der Waals surface area contributed by atoms with Gasteiger partial charge < -0.3 is 14.8 Å². The molecule has 0 unspecified atom stereocenters. The van der Waals surface area contributed by atoms with Crippen molar-refractivity contribution in [2.75, 3.05) is 13.2 Å². The highest BCUT2D eigenvalue weighted by molar-refractivity contribution is 5.68. The highest BCUT2D eigenvalue weighted by Crippen LogP contribution is 2.09. The molecule has 1 aromatic rings. The summed E-state index contributed by atoms with van der Waals surface area (Å²) in [6, 6.07) is 10.3. The van der Waals surface area contributed by atoms with Crippen LogP contribution in [0.1, 0.15) is 40.2 Å². The summed E-state index contributed by atoms with van der Waals surface area (Å²) in [5, 5.41) is 2.77. The number of ether oxygens (including phenoxy) is 2. The predicted octanol–water partition coefficient (Wildman–Crippen LogP) is 3.80. The first kappa shape index (κ1) is 18.5. The van der Waals surface area contributed by atoms with E-state index >= 15 is 0 Å². The highest BCUT2D eigenvalue weighted by Gasteiger charge is 2.17. The molecular formula is C18H29NO3. The normalized spacial score (nSPS) is 14.2. The van der Waals surface area contributed by atoms with Crippen LogP contribution >= 0.6 is 0 Å². The van der Waals surface area contributed by atoms with Gasteiger partial charge in [0.1, 0.15) is 5.60 Å². The van der Waals surface area contributed by atoms with Gasteiger partial charge in [0.2, 0.25) is 0 Å². The Morgan fingerprint density at radius 1 is 1.14 bits per heavy atom. The summed E-state index contributed by atoms with van der Waals surface area (Å²) in [5.74, 6) is 0.441. The number of alkyl carbamates (subject to hydrolysis) is 1. The number of hydrogen-bond acceptors (Lipinski definition) is 3. The van der Waals surface area contributed by atoms with Crippen molar-refractivity contribution in [3.8, 4) is 0 Å². The van der Waals surface area contributed by atoms with E-state index in [0.717, 1.165) is 6.42 Å². The summed E-state index contributed by atoms with van der Waals surface area (Å²) in [6.07, 6.45) is 0.593. The minimum Gasteiger partial charge on any atom is -0.444 e. The Balaban J connectivity index is 2.19. The summed E-state index contributed by atoms with van der Waals surface area (Å²) in [5.41, 5.74) is 0.841. The standard InChI is InChI=1S/C18H29NO3/c1-14(11-16-9-7-6-8-10-16)12-21-13-15(2)19-17(20)22-18(3,4)5/h6-10,14-15H,11-13H2,1-5H3,(H,19,20)/t14-,15+/m0/s1. The predicted molar refractivity (Wildman–Crippen MR) is 89.0 cm³/mol. The molecule has 2 atom stereocenters. The average molecular weight is 307 g/mol. The lowest BCUT2D eigenvalue weighted by Crippen LogP contribution is -2.40. The number of benzene rings is 1. The van der Waals surface area contributed by atoms with Gasteiger partial charge in [-0.15, -0.1) is 0 Å². The Labute approximate surface area is 134 Å². The zero-order valence-corrected chi connectivity index (χ0v) is 14.4. The van der Waals surface area contributed by atoms with E-state index in [1.807, 2.05) is 33.8 Å². The number of rotatable bonds is 7. The monoisotopic (exact) mass is 307 g/mol. The van der Waals surface area contributed by atoms with Gasteiger partial charge in [-0.1, -0.05) is 37.3 Å². The van der Waals surface area contributed by atoms with Gasteiger partial charge in [0, 0.05) is 6.61 Å². The van der Waals surface area contributed by atoms with Crippen molar-refractivity contribution < 1.29 is 14.3 Å². The Morgan fingerprint density at radius 3 is 2.36 bits per heavy atom. The molecule has 0 aliphatic heterocycles. The number of hydrogen-bond donors (Lipinski definition) is 1. The first-order chi connectivity index (χ1) is 10.3. The molecule has 0 aliphatic rings. The van der Waals surface area contributed by atoms with Gasteiger partial charge in [-0.3, -0.25) is 0 Å². The fourth-order valence-electron chi connectivity index (χ4n) is 2.07. The Kier molecular flexibility index (Phi) is 7.39. The molecule has 0 aromatic heterocycles. The molecule has 0 spiro atoms. The van der Waals surface area contributed by atoms with Crippen LogP contribution in [0.5, 0.6) is 0 Å². The lowest BCUT2D eigenvalue weighted by Gasteiger charge is -2.22. The highest BCUT2D eigenvalue weighted by atomic mass is 16.6. The van der Waals surface area contributed by atoms with Crippen molar-refractivity contribution in [3.63, 3.8) is 0 Å². The van der Waals surface area contributed by atoms with Crippen molar-refractivity contribution in [1.29, 1.82) is 0 Å². The minimum absolute atomic E-state index is 0.0706. The molecule has 0 heterocycles. The molecule has 124 valence electrons. The number of nitrogens with one attached hydrogen (secondary N) is 1. The molecule has 0 radical (unpaired) electrons. The van der Waals surface area contributed by atoms with E-state index in [9.17, 15) is 4.79 Å². The van der Waals surface area contributed by atoms with Gasteiger partial charge in [0.15, 0.2) is 0 Å². The van der Waals surface area contributed by atoms with Crippen molar-refractivity contribution in [2.45, 2.75) is 52.7 Å². The number of carbonyl (C=O) groups excluding carboxylic acids is 1. The summed E-state index contributed by atoms with van der Waals surface area (Å²) < 4.78 is 10.9. The minimum atomic E-state index is -0.477. The van der Waals surface area contributed by atoms with Crippen molar-refractivity contribution in [2.24, 2.45) is 5.92 Å². The quantitative estimate of drug-likeness (QED) is 0.833. The van der Waals surface area contributed by atoms with E-state index < -0.39 is 11.7 Å². The van der Waals surface area contributed by atoms with Crippen LogP contribution in [-0.4, -0.2) is 30.9 Å². The van der Waals surface area contributed by atoms with Crippen LogP contribution in [0.3, 0.4) is 0 Å². The summed E-state index contributed by atoms with van der Waals surface area (Å²) in [6.45, 7) is 10.8. The van der Waals surface area contributed by atoms with Gasteiger partial charge in [-0.25, -0.2) is 4.79 Å². The molecule has 1 rings (SSSR count). The van der Waals surface area contributed by atoms with Crippen molar-refractivity contribution >= 4 is 6.09 Å². The van der Waals surface area contributed by atoms with E-state index in [4.69, 9.17) is 9.47 Å². The second-order valence-electron chi connectivity index (χ2n) is 6.88. The average Bonchev–Trinajstić information content (AvgIpc) is 2.37. The molecule has 0 saturated heterocycles. The fraction of sp³-hybridized carbons (Fsp3) is 0.611. The smallest absolute Gasteiger partial charge is 0.407 e. The third kappa shape index (κ3) is 8.67. The molecule has 1 aromatic carbocycles. The van der Waals surface area contributed by atoms with Crippen molar-refractivity contribution in [1.82, 2.24) is 5.32 Å². The van der Waals surface area contributed by atoms with Crippen molar-refractivity contribution in [3.05, 3.63) is 35.9 Å². The molecule has 1 amide bonds. The Hall–Kier alpha value is -1.55. The van der Waals surface area contributed by atoms with Gasteiger partial charge in [-0.2, -0.15) is 0 Å². The van der Waals surface area contributed by atoms with E-state index in [2.05, 4.69) is 36.5 Å². The maximum Gasteiger partial charge on any atom is 0.407 e. The van der Waals surface area contributed by atoms with Gasteiger partial charge >= 0.3 is 6.09 Å². The molecule has 1 N–H and O–H groups in total. The van der Waals surface area contributed by atoms with Crippen LogP contribution in [0.15, 0.2) is 30.3 Å². The third-order valence-corrected chi connectivity index (χ3v) is 2.96. The van der Waals surface area contributed by atoms with Gasteiger partial charge in [0.25, 0.3) is 0 Å². The lowest BCUT2D eigenvalue weighted by molar-refractivity contribution is 0.0431. The van der Waals surface area contributed by atoms with Crippen LogP contribution < -0.4 is 5.32 Å². The van der Waals surface area contributed by atoms with E-state index in [1.54, 1.807) is 0 Å².